The van der Waals surface area contributed by atoms with E-state index in [2.05, 4.69) is 15.5 Å². The molecule has 0 aliphatic carbocycles. The third-order valence-electron chi connectivity index (χ3n) is 2.73. The number of nitrogens with two attached hydrogens (primary N) is 1. The van der Waals surface area contributed by atoms with E-state index in [9.17, 15) is 4.79 Å². The van der Waals surface area contributed by atoms with E-state index in [0.717, 1.165) is 10.6 Å². The van der Waals surface area contributed by atoms with Gasteiger partial charge in [-0.1, -0.05) is 17.3 Å². The molecule has 1 aromatic heterocycles. The fraction of sp³-hybridized carbons (Fsp3) is 0.154. The van der Waals surface area contributed by atoms with Crippen molar-refractivity contribution in [1.29, 1.82) is 0 Å². The van der Waals surface area contributed by atoms with Gasteiger partial charge in [0.15, 0.2) is 5.84 Å². The summed E-state index contributed by atoms with van der Waals surface area (Å²) in [7, 11) is 0. The summed E-state index contributed by atoms with van der Waals surface area (Å²) in [4.78, 5) is 16.7. The van der Waals surface area contributed by atoms with Crippen LogP contribution >= 0.6 is 11.3 Å². The van der Waals surface area contributed by atoms with Crippen LogP contribution < -0.4 is 11.1 Å². The number of amidine groups is 1. The molecule has 4 N–H and O–H groups in total. The minimum absolute atomic E-state index is 0.0427. The molecule has 1 amide bonds. The van der Waals surface area contributed by atoms with Gasteiger partial charge in [0, 0.05) is 5.56 Å². The van der Waals surface area contributed by atoms with Crippen LogP contribution in [-0.4, -0.2) is 21.9 Å². The average Bonchev–Trinajstić information content (AvgIpc) is 2.85. The van der Waals surface area contributed by atoms with Gasteiger partial charge in [-0.15, -0.1) is 11.3 Å². The first kappa shape index (κ1) is 14.0. The summed E-state index contributed by atoms with van der Waals surface area (Å²) in [6, 6.07) is 5.31. The molecule has 6 nitrogen and oxygen atoms in total. The number of hydrogen-bond acceptors (Lipinski definition) is 5. The second-order valence-corrected chi connectivity index (χ2v) is 5.42. The molecule has 104 valence electrons. The van der Waals surface area contributed by atoms with Crippen molar-refractivity contribution in [2.75, 3.05) is 5.32 Å². The molecule has 0 radical (unpaired) electrons. The summed E-state index contributed by atoms with van der Waals surface area (Å²) in [5.74, 6) is -0.313. The standard InChI is InChI=1S/C13H14N4O2S/c1-7-4-3-5-9(11(7)12(14)17-19)16-13(18)10-6-15-8(2)20-10/h3-6,19H,1-2H3,(H2,14,17)(H,16,18). The van der Waals surface area contributed by atoms with Crippen molar-refractivity contribution >= 4 is 28.8 Å². The molecule has 1 aromatic carbocycles. The predicted octanol–water partition coefficient (Wildman–Crippen LogP) is 2.11. The van der Waals surface area contributed by atoms with Crippen LogP contribution in [-0.2, 0) is 0 Å². The van der Waals surface area contributed by atoms with Gasteiger partial charge in [0.2, 0.25) is 0 Å². The molecule has 7 heteroatoms. The van der Waals surface area contributed by atoms with Gasteiger partial charge in [-0.05, 0) is 25.5 Å². The Bertz CT molecular complexity index is 679. The zero-order valence-corrected chi connectivity index (χ0v) is 11.9. The molecular formula is C13H14N4O2S. The number of aromatic nitrogens is 1. The largest absolute Gasteiger partial charge is 0.409 e. The lowest BCUT2D eigenvalue weighted by atomic mass is 10.1. The smallest absolute Gasteiger partial charge is 0.267 e. The monoisotopic (exact) mass is 290 g/mol. The molecule has 0 saturated carbocycles. The minimum atomic E-state index is -0.270. The van der Waals surface area contributed by atoms with Gasteiger partial charge in [0.05, 0.1) is 16.9 Å². The van der Waals surface area contributed by atoms with E-state index in [-0.39, 0.29) is 11.7 Å². The predicted molar refractivity (Wildman–Crippen MR) is 78.5 cm³/mol. The van der Waals surface area contributed by atoms with E-state index in [1.807, 2.05) is 19.9 Å². The van der Waals surface area contributed by atoms with Crippen molar-refractivity contribution in [3.63, 3.8) is 0 Å². The summed E-state index contributed by atoms with van der Waals surface area (Å²) in [5.41, 5.74) is 7.46. The topological polar surface area (TPSA) is 101 Å². The number of aryl methyl sites for hydroxylation is 2. The summed E-state index contributed by atoms with van der Waals surface area (Å²) < 4.78 is 0. The van der Waals surface area contributed by atoms with E-state index in [1.54, 1.807) is 12.1 Å². The highest BCUT2D eigenvalue weighted by molar-refractivity contribution is 7.13. The zero-order valence-electron chi connectivity index (χ0n) is 11.0. The summed E-state index contributed by atoms with van der Waals surface area (Å²) in [6.07, 6.45) is 1.52. The Morgan fingerprint density at radius 2 is 2.20 bits per heavy atom. The molecule has 1 heterocycles. The van der Waals surface area contributed by atoms with Crippen LogP contribution in [0.2, 0.25) is 0 Å². The molecule has 0 aliphatic heterocycles. The highest BCUT2D eigenvalue weighted by atomic mass is 32.1. The maximum absolute atomic E-state index is 12.1. The first-order valence-electron chi connectivity index (χ1n) is 5.84. The maximum atomic E-state index is 12.1. The highest BCUT2D eigenvalue weighted by Gasteiger charge is 2.15. The van der Waals surface area contributed by atoms with E-state index in [1.165, 1.54) is 17.5 Å². The summed E-state index contributed by atoms with van der Waals surface area (Å²) >= 11 is 1.31. The lowest BCUT2D eigenvalue weighted by Crippen LogP contribution is -2.20. The van der Waals surface area contributed by atoms with Gasteiger partial charge in [-0.25, -0.2) is 4.98 Å². The fourth-order valence-corrected chi connectivity index (χ4v) is 2.48. The molecule has 0 unspecified atom stereocenters. The molecule has 0 spiro atoms. The second kappa shape index (κ2) is 5.70. The zero-order chi connectivity index (χ0) is 14.7. The number of rotatable bonds is 3. The van der Waals surface area contributed by atoms with Crippen LogP contribution in [0.3, 0.4) is 0 Å². The fourth-order valence-electron chi connectivity index (χ4n) is 1.81. The van der Waals surface area contributed by atoms with Gasteiger partial charge in [-0.3, -0.25) is 4.79 Å². The van der Waals surface area contributed by atoms with Gasteiger partial charge in [-0.2, -0.15) is 0 Å². The molecule has 20 heavy (non-hydrogen) atoms. The Morgan fingerprint density at radius 1 is 1.45 bits per heavy atom. The molecular weight excluding hydrogens is 276 g/mol. The first-order valence-corrected chi connectivity index (χ1v) is 6.66. The van der Waals surface area contributed by atoms with Crippen LogP contribution in [0.5, 0.6) is 0 Å². The Labute approximate surface area is 120 Å². The molecule has 0 fully saturated rings. The Balaban J connectivity index is 2.34. The van der Waals surface area contributed by atoms with Gasteiger partial charge < -0.3 is 16.3 Å². The van der Waals surface area contributed by atoms with E-state index >= 15 is 0 Å². The number of carbonyl (C=O) groups is 1. The normalized spacial score (nSPS) is 11.4. The number of anilines is 1. The number of thiazole rings is 1. The quantitative estimate of drug-likeness (QED) is 0.349. The van der Waals surface area contributed by atoms with Crippen LogP contribution in [0.1, 0.15) is 25.8 Å². The summed E-state index contributed by atoms with van der Waals surface area (Å²) in [6.45, 7) is 3.65. The van der Waals surface area contributed by atoms with Crippen LogP contribution in [0.15, 0.2) is 29.6 Å². The van der Waals surface area contributed by atoms with Crippen molar-refractivity contribution in [3.8, 4) is 0 Å². The van der Waals surface area contributed by atoms with Gasteiger partial charge in [0.1, 0.15) is 4.88 Å². The molecule has 0 atom stereocenters. The average molecular weight is 290 g/mol. The Hall–Kier alpha value is -2.41. The van der Waals surface area contributed by atoms with Crippen LogP contribution in [0.4, 0.5) is 5.69 Å². The Morgan fingerprint density at radius 3 is 2.80 bits per heavy atom. The van der Waals surface area contributed by atoms with E-state index < -0.39 is 0 Å². The Kier molecular flexibility index (Phi) is 3.99. The lowest BCUT2D eigenvalue weighted by Gasteiger charge is -2.11. The lowest BCUT2D eigenvalue weighted by molar-refractivity contribution is 0.103. The highest BCUT2D eigenvalue weighted by Crippen LogP contribution is 2.21. The van der Waals surface area contributed by atoms with Crippen molar-refractivity contribution in [2.45, 2.75) is 13.8 Å². The third kappa shape index (κ3) is 2.77. The summed E-state index contributed by atoms with van der Waals surface area (Å²) in [5, 5.41) is 15.4. The van der Waals surface area contributed by atoms with Crippen molar-refractivity contribution in [2.24, 2.45) is 10.9 Å². The van der Waals surface area contributed by atoms with Crippen molar-refractivity contribution in [1.82, 2.24) is 4.98 Å². The van der Waals surface area contributed by atoms with E-state index in [4.69, 9.17) is 10.9 Å². The van der Waals surface area contributed by atoms with Gasteiger partial charge in [0.25, 0.3) is 5.91 Å². The number of amides is 1. The first-order chi connectivity index (χ1) is 9.52. The number of carbonyl (C=O) groups excluding carboxylic acids is 1. The molecule has 2 rings (SSSR count). The van der Waals surface area contributed by atoms with Gasteiger partial charge >= 0.3 is 0 Å². The maximum Gasteiger partial charge on any atom is 0.267 e. The molecule has 0 aliphatic rings. The number of oxime groups is 1. The SMILES string of the molecule is Cc1ncc(C(=O)Nc2cccc(C)c2/C(N)=N/O)s1. The number of nitrogens with one attached hydrogen (secondary N) is 1. The van der Waals surface area contributed by atoms with Crippen LogP contribution in [0, 0.1) is 13.8 Å². The molecule has 0 saturated heterocycles. The second-order valence-electron chi connectivity index (χ2n) is 4.18. The third-order valence-corrected chi connectivity index (χ3v) is 3.64. The minimum Gasteiger partial charge on any atom is -0.409 e. The van der Waals surface area contributed by atoms with Crippen LogP contribution in [0.25, 0.3) is 0 Å². The molecule has 0 bridgehead atoms. The van der Waals surface area contributed by atoms with Crippen molar-refractivity contribution in [3.05, 3.63) is 45.4 Å². The molecule has 2 aromatic rings. The van der Waals surface area contributed by atoms with Crippen molar-refractivity contribution < 1.29 is 10.0 Å². The number of hydrogen-bond donors (Lipinski definition) is 3. The number of nitrogens with zero attached hydrogens (tertiary/aromatic N) is 2. The van der Waals surface area contributed by atoms with E-state index in [0.29, 0.717) is 16.1 Å². The number of benzene rings is 1.